The van der Waals surface area contributed by atoms with Crippen molar-refractivity contribution in [2.24, 2.45) is 0 Å². The first-order valence-electron chi connectivity index (χ1n) is 6.80. The van der Waals surface area contributed by atoms with E-state index in [1.165, 1.54) is 5.56 Å². The van der Waals surface area contributed by atoms with Crippen LogP contribution in [0.2, 0.25) is 0 Å². The van der Waals surface area contributed by atoms with Crippen molar-refractivity contribution in [3.63, 3.8) is 0 Å². The molecule has 0 saturated heterocycles. The normalized spacial score (nSPS) is 11.5. The summed E-state index contributed by atoms with van der Waals surface area (Å²) in [4.78, 5) is 0. The van der Waals surface area contributed by atoms with Crippen LogP contribution in [0.4, 0.5) is 0 Å². The van der Waals surface area contributed by atoms with Crippen LogP contribution >= 0.6 is 31.9 Å². The van der Waals surface area contributed by atoms with Crippen LogP contribution in [0, 0.1) is 0 Å². The minimum absolute atomic E-state index is 0.122. The van der Waals surface area contributed by atoms with Gasteiger partial charge in [0.1, 0.15) is 11.5 Å². The van der Waals surface area contributed by atoms with Gasteiger partial charge in [0, 0.05) is 16.6 Å². The van der Waals surface area contributed by atoms with E-state index in [2.05, 4.69) is 70.1 Å². The number of benzene rings is 2. The quantitative estimate of drug-likeness (QED) is 0.675. The molecule has 0 aromatic heterocycles. The number of hydrogen-bond acceptors (Lipinski definition) is 2. The molecule has 4 heteroatoms. The van der Waals surface area contributed by atoms with Gasteiger partial charge in [0.15, 0.2) is 0 Å². The molecule has 0 unspecified atom stereocenters. The van der Waals surface area contributed by atoms with E-state index >= 15 is 0 Å². The van der Waals surface area contributed by atoms with Crippen molar-refractivity contribution in [2.75, 3.05) is 0 Å². The zero-order chi connectivity index (χ0) is 15.5. The van der Waals surface area contributed by atoms with Crippen LogP contribution in [-0.2, 0) is 6.54 Å². The highest BCUT2D eigenvalue weighted by atomic mass is 79.9. The highest BCUT2D eigenvalue weighted by Gasteiger charge is 2.08. The Morgan fingerprint density at radius 2 is 1.67 bits per heavy atom. The largest absolute Gasteiger partial charge is 0.456 e. The first-order valence-corrected chi connectivity index (χ1v) is 8.39. The molecule has 0 saturated carbocycles. The Morgan fingerprint density at radius 1 is 1.00 bits per heavy atom. The van der Waals surface area contributed by atoms with Crippen LogP contribution in [0.15, 0.2) is 51.4 Å². The van der Waals surface area contributed by atoms with E-state index in [1.807, 2.05) is 30.3 Å². The monoisotopic (exact) mass is 411 g/mol. The lowest BCUT2D eigenvalue weighted by Crippen LogP contribution is -2.34. The summed E-state index contributed by atoms with van der Waals surface area (Å²) in [5.41, 5.74) is 1.37. The van der Waals surface area contributed by atoms with Gasteiger partial charge in [-0.3, -0.25) is 0 Å². The summed E-state index contributed by atoms with van der Waals surface area (Å²) in [5, 5.41) is 3.47. The molecule has 0 fully saturated rings. The molecular weight excluding hydrogens is 394 g/mol. The van der Waals surface area contributed by atoms with Crippen molar-refractivity contribution in [2.45, 2.75) is 32.9 Å². The summed E-state index contributed by atoms with van der Waals surface area (Å²) in [7, 11) is 0. The van der Waals surface area contributed by atoms with Crippen LogP contribution in [0.3, 0.4) is 0 Å². The van der Waals surface area contributed by atoms with Gasteiger partial charge in [-0.2, -0.15) is 0 Å². The Labute approximate surface area is 143 Å². The van der Waals surface area contributed by atoms with Gasteiger partial charge in [-0.05, 0) is 72.6 Å². The molecule has 2 rings (SSSR count). The van der Waals surface area contributed by atoms with Gasteiger partial charge in [-0.1, -0.05) is 28.1 Å². The average Bonchev–Trinajstić information content (AvgIpc) is 2.40. The standard InChI is InChI=1S/C17H19Br2NO/c1-17(2,3)20-11-12-4-7-14(8-5-12)21-16-9-6-13(18)10-15(16)19/h4-10,20H,11H2,1-3H3. The number of nitrogens with one attached hydrogen (secondary N) is 1. The Bertz CT molecular complexity index is 603. The lowest BCUT2D eigenvalue weighted by Gasteiger charge is -2.20. The second kappa shape index (κ2) is 6.95. The van der Waals surface area contributed by atoms with Crippen molar-refractivity contribution in [1.29, 1.82) is 0 Å². The predicted molar refractivity (Wildman–Crippen MR) is 95.0 cm³/mol. The maximum Gasteiger partial charge on any atom is 0.141 e. The van der Waals surface area contributed by atoms with Crippen molar-refractivity contribution in [3.8, 4) is 11.5 Å². The van der Waals surface area contributed by atoms with Crippen molar-refractivity contribution in [3.05, 3.63) is 57.0 Å². The third-order valence-electron chi connectivity index (χ3n) is 2.87. The molecule has 0 aliphatic heterocycles. The summed E-state index contributed by atoms with van der Waals surface area (Å²) in [6, 6.07) is 14.0. The van der Waals surface area contributed by atoms with E-state index < -0.39 is 0 Å². The molecule has 0 spiro atoms. The van der Waals surface area contributed by atoms with E-state index in [0.717, 1.165) is 27.0 Å². The van der Waals surface area contributed by atoms with Gasteiger partial charge in [-0.25, -0.2) is 0 Å². The fourth-order valence-corrected chi connectivity index (χ4v) is 2.86. The van der Waals surface area contributed by atoms with E-state index in [1.54, 1.807) is 0 Å². The van der Waals surface area contributed by atoms with E-state index in [-0.39, 0.29) is 5.54 Å². The second-order valence-corrected chi connectivity index (χ2v) is 7.69. The first-order chi connectivity index (χ1) is 9.83. The van der Waals surface area contributed by atoms with Gasteiger partial charge in [0.25, 0.3) is 0 Å². The molecule has 0 bridgehead atoms. The van der Waals surface area contributed by atoms with Crippen LogP contribution in [-0.4, -0.2) is 5.54 Å². The molecule has 0 aliphatic carbocycles. The highest BCUT2D eigenvalue weighted by molar-refractivity contribution is 9.11. The number of rotatable bonds is 4. The fourth-order valence-electron chi connectivity index (χ4n) is 1.73. The molecule has 0 amide bonds. The molecule has 2 aromatic rings. The molecule has 0 atom stereocenters. The summed E-state index contributed by atoms with van der Waals surface area (Å²) in [5.74, 6) is 1.64. The zero-order valence-electron chi connectivity index (χ0n) is 12.4. The molecule has 1 N–H and O–H groups in total. The van der Waals surface area contributed by atoms with Crippen LogP contribution in [0.25, 0.3) is 0 Å². The van der Waals surface area contributed by atoms with Gasteiger partial charge in [-0.15, -0.1) is 0 Å². The fraction of sp³-hybridized carbons (Fsp3) is 0.294. The van der Waals surface area contributed by atoms with Gasteiger partial charge in [0.05, 0.1) is 4.47 Å². The first kappa shape index (κ1) is 16.5. The van der Waals surface area contributed by atoms with Crippen molar-refractivity contribution in [1.82, 2.24) is 5.32 Å². The maximum absolute atomic E-state index is 5.88. The summed E-state index contributed by atoms with van der Waals surface area (Å²) < 4.78 is 7.82. The minimum atomic E-state index is 0.122. The van der Waals surface area contributed by atoms with E-state index in [0.29, 0.717) is 0 Å². The molecule has 2 nitrogen and oxygen atoms in total. The Morgan fingerprint density at radius 3 is 2.24 bits per heavy atom. The lowest BCUT2D eigenvalue weighted by molar-refractivity contribution is 0.424. The SMILES string of the molecule is CC(C)(C)NCc1ccc(Oc2ccc(Br)cc2Br)cc1. The summed E-state index contributed by atoms with van der Waals surface area (Å²) in [6.07, 6.45) is 0. The highest BCUT2D eigenvalue weighted by Crippen LogP contribution is 2.32. The van der Waals surface area contributed by atoms with E-state index in [4.69, 9.17) is 4.74 Å². The summed E-state index contributed by atoms with van der Waals surface area (Å²) >= 11 is 6.93. The molecule has 112 valence electrons. The maximum atomic E-state index is 5.88. The van der Waals surface area contributed by atoms with Crippen molar-refractivity contribution < 1.29 is 4.74 Å². The molecule has 2 aromatic carbocycles. The van der Waals surface area contributed by atoms with Crippen molar-refractivity contribution >= 4 is 31.9 Å². The average molecular weight is 413 g/mol. The van der Waals surface area contributed by atoms with E-state index in [9.17, 15) is 0 Å². The van der Waals surface area contributed by atoms with Gasteiger partial charge < -0.3 is 10.1 Å². The van der Waals surface area contributed by atoms with Crippen LogP contribution < -0.4 is 10.1 Å². The van der Waals surface area contributed by atoms with Crippen LogP contribution in [0.1, 0.15) is 26.3 Å². The van der Waals surface area contributed by atoms with Gasteiger partial charge >= 0.3 is 0 Å². The third kappa shape index (κ3) is 5.46. The summed E-state index contributed by atoms with van der Waals surface area (Å²) in [6.45, 7) is 7.34. The topological polar surface area (TPSA) is 21.3 Å². The zero-order valence-corrected chi connectivity index (χ0v) is 15.6. The Kier molecular flexibility index (Phi) is 5.47. The second-order valence-electron chi connectivity index (χ2n) is 5.92. The lowest BCUT2D eigenvalue weighted by atomic mass is 10.1. The molecule has 0 aliphatic rings. The van der Waals surface area contributed by atoms with Gasteiger partial charge in [0.2, 0.25) is 0 Å². The third-order valence-corrected chi connectivity index (χ3v) is 3.98. The molecule has 21 heavy (non-hydrogen) atoms. The number of ether oxygens (including phenoxy) is 1. The molecule has 0 heterocycles. The Balaban J connectivity index is 2.02. The van der Waals surface area contributed by atoms with Crippen LogP contribution in [0.5, 0.6) is 11.5 Å². The molecular formula is C17H19Br2NO. The number of halogens is 2. The Hall–Kier alpha value is -0.840. The molecule has 0 radical (unpaired) electrons. The minimum Gasteiger partial charge on any atom is -0.456 e. The number of hydrogen-bond donors (Lipinski definition) is 1. The smallest absolute Gasteiger partial charge is 0.141 e. The predicted octanol–water partition coefficient (Wildman–Crippen LogP) is 5.89.